The van der Waals surface area contributed by atoms with Crippen LogP contribution in [0.5, 0.6) is 0 Å². The molecule has 3 aromatic rings. The molecule has 0 saturated heterocycles. The number of amides is 2. The molecule has 0 unspecified atom stereocenters. The lowest BCUT2D eigenvalue weighted by atomic mass is 10.0. The molecule has 8 nitrogen and oxygen atoms in total. The summed E-state index contributed by atoms with van der Waals surface area (Å²) in [6, 6.07) is 22.2. The van der Waals surface area contributed by atoms with Crippen LogP contribution < -0.4 is 9.62 Å². The molecule has 0 heterocycles. The summed E-state index contributed by atoms with van der Waals surface area (Å²) in [4.78, 5) is 41.4. The number of hydrogen-bond acceptors (Lipinski definition) is 5. The van der Waals surface area contributed by atoms with Gasteiger partial charge in [0.05, 0.1) is 11.9 Å². The SMILES string of the molecule is CC[C@@H](C)NC(=O)[C@@H](Cc1ccccc1)N(Cc1ccccc1C)C(=O)CN(c1cccc(C(C)=O)c1)S(C)(=O)=O. The van der Waals surface area contributed by atoms with Crippen molar-refractivity contribution >= 4 is 33.3 Å². The third kappa shape index (κ3) is 8.75. The van der Waals surface area contributed by atoms with E-state index in [1.54, 1.807) is 18.2 Å². The number of nitrogens with one attached hydrogen (secondary N) is 1. The predicted molar refractivity (Wildman–Crippen MR) is 162 cm³/mol. The maximum atomic E-state index is 14.2. The quantitative estimate of drug-likeness (QED) is 0.301. The number of ketones is 1. The fourth-order valence-electron chi connectivity index (χ4n) is 4.46. The molecule has 0 bridgehead atoms. The van der Waals surface area contributed by atoms with Gasteiger partial charge in [0.1, 0.15) is 12.6 Å². The number of aryl methyl sites for hydroxylation is 1. The highest BCUT2D eigenvalue weighted by atomic mass is 32.2. The third-order valence-electron chi connectivity index (χ3n) is 7.09. The lowest BCUT2D eigenvalue weighted by molar-refractivity contribution is -0.140. The van der Waals surface area contributed by atoms with Crippen LogP contribution in [0.2, 0.25) is 0 Å². The van der Waals surface area contributed by atoms with Crippen LogP contribution in [0.1, 0.15) is 54.2 Å². The second-order valence-corrected chi connectivity index (χ2v) is 12.3. The molecule has 41 heavy (non-hydrogen) atoms. The third-order valence-corrected chi connectivity index (χ3v) is 8.23. The van der Waals surface area contributed by atoms with Crippen LogP contribution in [-0.4, -0.2) is 55.8 Å². The lowest BCUT2D eigenvalue weighted by Gasteiger charge is -2.34. The molecule has 0 aliphatic carbocycles. The zero-order chi connectivity index (χ0) is 30.2. The maximum absolute atomic E-state index is 14.2. The highest BCUT2D eigenvalue weighted by Gasteiger charge is 2.33. The molecule has 2 atom stereocenters. The number of nitrogens with zero attached hydrogens (tertiary/aromatic N) is 2. The summed E-state index contributed by atoms with van der Waals surface area (Å²) in [5.41, 5.74) is 3.19. The van der Waals surface area contributed by atoms with Crippen LogP contribution in [0.3, 0.4) is 0 Å². The minimum absolute atomic E-state index is 0.113. The van der Waals surface area contributed by atoms with Gasteiger partial charge in [-0.15, -0.1) is 0 Å². The predicted octanol–water partition coefficient (Wildman–Crippen LogP) is 4.52. The number of carbonyl (C=O) groups excluding carboxylic acids is 3. The Bertz CT molecular complexity index is 1470. The van der Waals surface area contributed by atoms with Crippen molar-refractivity contribution in [3.05, 3.63) is 101 Å². The van der Waals surface area contributed by atoms with Crippen molar-refractivity contribution in [3.63, 3.8) is 0 Å². The van der Waals surface area contributed by atoms with Gasteiger partial charge in [0.25, 0.3) is 0 Å². The molecule has 0 aromatic heterocycles. The van der Waals surface area contributed by atoms with Crippen molar-refractivity contribution in [2.75, 3.05) is 17.1 Å². The first kappa shape index (κ1) is 31.5. The Labute approximate surface area is 243 Å². The summed E-state index contributed by atoms with van der Waals surface area (Å²) in [5.74, 6) is -1.07. The van der Waals surface area contributed by atoms with E-state index in [0.29, 0.717) is 12.0 Å². The number of hydrogen-bond donors (Lipinski definition) is 1. The Morgan fingerprint density at radius 3 is 2.20 bits per heavy atom. The van der Waals surface area contributed by atoms with E-state index in [1.165, 1.54) is 17.9 Å². The first-order valence-electron chi connectivity index (χ1n) is 13.7. The van der Waals surface area contributed by atoms with Crippen LogP contribution in [0, 0.1) is 6.92 Å². The van der Waals surface area contributed by atoms with Gasteiger partial charge in [-0.2, -0.15) is 0 Å². The molecule has 3 rings (SSSR count). The second-order valence-electron chi connectivity index (χ2n) is 10.3. The van der Waals surface area contributed by atoms with Gasteiger partial charge in [-0.25, -0.2) is 8.42 Å². The Balaban J connectivity index is 2.09. The molecule has 218 valence electrons. The Hall–Kier alpha value is -3.98. The summed E-state index contributed by atoms with van der Waals surface area (Å²) < 4.78 is 26.9. The van der Waals surface area contributed by atoms with E-state index >= 15 is 0 Å². The number of rotatable bonds is 13. The fraction of sp³-hybridized carbons (Fsp3) is 0.344. The zero-order valence-electron chi connectivity index (χ0n) is 24.3. The van der Waals surface area contributed by atoms with Gasteiger partial charge in [-0.05, 0) is 56.0 Å². The number of anilines is 1. The standard InChI is InChI=1S/C32H39N3O5S/c1-6-24(3)33-32(38)30(19-26-14-8-7-9-15-26)34(21-28-16-11-10-13-23(28)2)31(37)22-35(41(5,39)40)29-18-12-17-27(20-29)25(4)36/h7-18,20,24,30H,6,19,21-22H2,1-5H3,(H,33,38)/t24-,30-/m1/s1. The van der Waals surface area contributed by atoms with Crippen molar-refractivity contribution in [1.82, 2.24) is 10.2 Å². The van der Waals surface area contributed by atoms with Crippen LogP contribution in [0.15, 0.2) is 78.9 Å². The second kappa shape index (κ2) is 14.1. The molecule has 0 spiro atoms. The minimum Gasteiger partial charge on any atom is -0.352 e. The molecule has 3 aromatic carbocycles. The average Bonchev–Trinajstić information content (AvgIpc) is 2.94. The highest BCUT2D eigenvalue weighted by Crippen LogP contribution is 2.22. The van der Waals surface area contributed by atoms with E-state index in [0.717, 1.165) is 27.3 Å². The van der Waals surface area contributed by atoms with E-state index in [1.807, 2.05) is 75.4 Å². The normalized spacial score (nSPS) is 12.7. The summed E-state index contributed by atoms with van der Waals surface area (Å²) in [5, 5.41) is 3.02. The Kier molecular flexibility index (Phi) is 10.8. The maximum Gasteiger partial charge on any atom is 0.244 e. The van der Waals surface area contributed by atoms with E-state index in [9.17, 15) is 22.8 Å². The molecule has 0 aliphatic rings. The van der Waals surface area contributed by atoms with Crippen molar-refractivity contribution in [2.24, 2.45) is 0 Å². The van der Waals surface area contributed by atoms with Crippen LogP contribution in [-0.2, 0) is 32.6 Å². The largest absolute Gasteiger partial charge is 0.352 e. The molecule has 2 amide bonds. The van der Waals surface area contributed by atoms with Crippen molar-refractivity contribution in [1.29, 1.82) is 0 Å². The number of carbonyl (C=O) groups is 3. The summed E-state index contributed by atoms with van der Waals surface area (Å²) in [7, 11) is -3.92. The Morgan fingerprint density at radius 1 is 0.927 bits per heavy atom. The Morgan fingerprint density at radius 2 is 1.59 bits per heavy atom. The van der Waals surface area contributed by atoms with E-state index < -0.39 is 28.5 Å². The molecule has 1 N–H and O–H groups in total. The highest BCUT2D eigenvalue weighted by molar-refractivity contribution is 7.92. The smallest absolute Gasteiger partial charge is 0.244 e. The van der Waals surface area contributed by atoms with Crippen molar-refractivity contribution in [2.45, 2.75) is 59.2 Å². The number of sulfonamides is 1. The molecule has 0 radical (unpaired) electrons. The molecule has 9 heteroatoms. The van der Waals surface area contributed by atoms with Gasteiger partial charge in [-0.1, -0.05) is 73.7 Å². The topological polar surface area (TPSA) is 104 Å². The van der Waals surface area contributed by atoms with E-state index in [4.69, 9.17) is 0 Å². The lowest BCUT2D eigenvalue weighted by Crippen LogP contribution is -2.54. The summed E-state index contributed by atoms with van der Waals surface area (Å²) in [6.45, 7) is 6.77. The molecular formula is C32H39N3O5S. The van der Waals surface area contributed by atoms with E-state index in [2.05, 4.69) is 5.32 Å². The van der Waals surface area contributed by atoms with Crippen LogP contribution >= 0.6 is 0 Å². The van der Waals surface area contributed by atoms with Crippen LogP contribution in [0.4, 0.5) is 5.69 Å². The van der Waals surface area contributed by atoms with Crippen molar-refractivity contribution in [3.8, 4) is 0 Å². The molecule has 0 fully saturated rings. The average molecular weight is 578 g/mol. The van der Waals surface area contributed by atoms with E-state index in [-0.39, 0.29) is 36.4 Å². The fourth-order valence-corrected chi connectivity index (χ4v) is 5.30. The van der Waals surface area contributed by atoms with Gasteiger partial charge in [0.2, 0.25) is 21.8 Å². The molecular weight excluding hydrogens is 538 g/mol. The summed E-state index contributed by atoms with van der Waals surface area (Å²) >= 11 is 0. The van der Waals surface area contributed by atoms with Gasteiger partial charge in [0.15, 0.2) is 5.78 Å². The number of benzene rings is 3. The monoisotopic (exact) mass is 577 g/mol. The van der Waals surface area contributed by atoms with Gasteiger partial charge in [-0.3, -0.25) is 18.7 Å². The minimum atomic E-state index is -3.92. The van der Waals surface area contributed by atoms with Gasteiger partial charge >= 0.3 is 0 Å². The first-order valence-corrected chi connectivity index (χ1v) is 15.5. The van der Waals surface area contributed by atoms with Gasteiger partial charge < -0.3 is 10.2 Å². The first-order chi connectivity index (χ1) is 19.4. The van der Waals surface area contributed by atoms with Gasteiger partial charge in [0, 0.05) is 24.6 Å². The molecule has 0 saturated carbocycles. The number of Topliss-reactive ketones (excluding diaryl/α,β-unsaturated/α-hetero) is 1. The van der Waals surface area contributed by atoms with Crippen LogP contribution in [0.25, 0.3) is 0 Å². The summed E-state index contributed by atoms with van der Waals surface area (Å²) in [6.07, 6.45) is 1.98. The van der Waals surface area contributed by atoms with Crippen molar-refractivity contribution < 1.29 is 22.8 Å². The molecule has 0 aliphatic heterocycles. The zero-order valence-corrected chi connectivity index (χ0v) is 25.1.